The Bertz CT molecular complexity index is 629. The van der Waals surface area contributed by atoms with Crippen LogP contribution >= 0.6 is 11.3 Å². The summed E-state index contributed by atoms with van der Waals surface area (Å²) in [5.41, 5.74) is 1.64. The fourth-order valence-corrected chi connectivity index (χ4v) is 2.67. The van der Waals surface area contributed by atoms with Crippen LogP contribution < -0.4 is 9.47 Å². The van der Waals surface area contributed by atoms with E-state index in [0.29, 0.717) is 23.7 Å². The van der Waals surface area contributed by atoms with Crippen molar-refractivity contribution in [3.05, 3.63) is 39.8 Å². The molecule has 2 rings (SSSR count). The average Bonchev–Trinajstić information content (AvgIpc) is 2.93. The van der Waals surface area contributed by atoms with E-state index < -0.39 is 0 Å². The van der Waals surface area contributed by atoms with E-state index in [-0.39, 0.29) is 5.41 Å². The van der Waals surface area contributed by atoms with Gasteiger partial charge in [0.1, 0.15) is 17.9 Å². The summed E-state index contributed by atoms with van der Waals surface area (Å²) in [4.78, 5) is 15.4. The first-order chi connectivity index (χ1) is 9.94. The molecule has 0 saturated heterocycles. The first-order valence-electron chi connectivity index (χ1n) is 6.65. The highest BCUT2D eigenvalue weighted by Gasteiger charge is 2.17. The number of rotatable bonds is 5. The maximum absolute atomic E-state index is 10.8. The van der Waals surface area contributed by atoms with Crippen molar-refractivity contribution in [3.63, 3.8) is 0 Å². The number of carbonyl (C=O) groups is 1. The van der Waals surface area contributed by atoms with Crippen molar-refractivity contribution >= 4 is 17.6 Å². The minimum absolute atomic E-state index is 0.0316. The predicted molar refractivity (Wildman–Crippen MR) is 83.5 cm³/mol. The Morgan fingerprint density at radius 2 is 2.05 bits per heavy atom. The number of aromatic nitrogens is 1. The molecule has 112 valence electrons. The van der Waals surface area contributed by atoms with Gasteiger partial charge in [-0.1, -0.05) is 20.8 Å². The largest absolute Gasteiger partial charge is 0.493 e. The fraction of sp³-hybridized carbons (Fsp3) is 0.375. The lowest BCUT2D eigenvalue weighted by molar-refractivity contribution is 0.112. The summed E-state index contributed by atoms with van der Waals surface area (Å²) in [7, 11) is 1.57. The van der Waals surface area contributed by atoms with E-state index in [1.807, 2.05) is 0 Å². The maximum Gasteiger partial charge on any atom is 0.162 e. The molecule has 0 amide bonds. The van der Waals surface area contributed by atoms with Gasteiger partial charge in [0.05, 0.1) is 12.8 Å². The summed E-state index contributed by atoms with van der Waals surface area (Å²) in [5, 5.41) is 2.95. The molecule has 0 radical (unpaired) electrons. The predicted octanol–water partition coefficient (Wildman–Crippen LogP) is 3.84. The molecule has 1 heterocycles. The smallest absolute Gasteiger partial charge is 0.162 e. The van der Waals surface area contributed by atoms with Crippen LogP contribution in [0.3, 0.4) is 0 Å². The number of hydrogen-bond acceptors (Lipinski definition) is 5. The molecule has 0 fully saturated rings. The normalized spacial score (nSPS) is 11.2. The molecule has 2 aromatic rings. The van der Waals surface area contributed by atoms with Crippen LogP contribution in [0.5, 0.6) is 11.5 Å². The molecule has 0 unspecified atom stereocenters. The monoisotopic (exact) mass is 305 g/mol. The average molecular weight is 305 g/mol. The topological polar surface area (TPSA) is 48.4 Å². The van der Waals surface area contributed by atoms with Gasteiger partial charge in [0, 0.05) is 16.4 Å². The standard InChI is InChI=1S/C16H19NO3S/c1-16(2,3)14-10-21-15(17-14)9-20-13-7-11(8-18)5-6-12(13)19-4/h5-8,10H,9H2,1-4H3. The summed E-state index contributed by atoms with van der Waals surface area (Å²) >= 11 is 1.57. The Balaban J connectivity index is 2.12. The molecule has 4 nitrogen and oxygen atoms in total. The molecule has 0 aliphatic heterocycles. The van der Waals surface area contributed by atoms with Gasteiger partial charge in [0.15, 0.2) is 11.5 Å². The Morgan fingerprint density at radius 3 is 2.62 bits per heavy atom. The van der Waals surface area contributed by atoms with Gasteiger partial charge in [-0.25, -0.2) is 4.98 Å². The van der Waals surface area contributed by atoms with Crippen LogP contribution in [0.15, 0.2) is 23.6 Å². The molecule has 1 aromatic carbocycles. The van der Waals surface area contributed by atoms with Crippen LogP contribution in [0.2, 0.25) is 0 Å². The number of hydrogen-bond donors (Lipinski definition) is 0. The summed E-state index contributed by atoms with van der Waals surface area (Å²) in [6, 6.07) is 5.09. The Labute approximate surface area is 128 Å². The van der Waals surface area contributed by atoms with E-state index in [0.717, 1.165) is 17.0 Å². The number of ether oxygens (including phenoxy) is 2. The number of methoxy groups -OCH3 is 1. The maximum atomic E-state index is 10.8. The van der Waals surface area contributed by atoms with Crippen molar-refractivity contribution in [3.8, 4) is 11.5 Å². The second kappa shape index (κ2) is 6.26. The Morgan fingerprint density at radius 1 is 1.29 bits per heavy atom. The number of thiazole rings is 1. The lowest BCUT2D eigenvalue weighted by Crippen LogP contribution is -2.11. The van der Waals surface area contributed by atoms with Crippen LogP contribution in [0.1, 0.15) is 41.8 Å². The zero-order chi connectivity index (χ0) is 15.5. The van der Waals surface area contributed by atoms with E-state index in [2.05, 4.69) is 31.1 Å². The molecule has 1 aromatic heterocycles. The van der Waals surface area contributed by atoms with Gasteiger partial charge in [-0.3, -0.25) is 4.79 Å². The molecule has 0 spiro atoms. The van der Waals surface area contributed by atoms with E-state index in [9.17, 15) is 4.79 Å². The zero-order valence-electron chi connectivity index (χ0n) is 12.7. The number of aldehydes is 1. The molecular weight excluding hydrogens is 286 g/mol. The Kier molecular flexibility index (Phi) is 4.63. The zero-order valence-corrected chi connectivity index (χ0v) is 13.5. The van der Waals surface area contributed by atoms with E-state index in [1.54, 1.807) is 36.6 Å². The van der Waals surface area contributed by atoms with Crippen molar-refractivity contribution in [2.24, 2.45) is 0 Å². The van der Waals surface area contributed by atoms with Crippen LogP contribution in [-0.2, 0) is 12.0 Å². The third-order valence-corrected chi connectivity index (χ3v) is 3.82. The highest BCUT2D eigenvalue weighted by molar-refractivity contribution is 7.09. The first kappa shape index (κ1) is 15.5. The van der Waals surface area contributed by atoms with Gasteiger partial charge in [0.25, 0.3) is 0 Å². The van der Waals surface area contributed by atoms with Gasteiger partial charge in [-0.05, 0) is 18.2 Å². The molecule has 21 heavy (non-hydrogen) atoms. The minimum Gasteiger partial charge on any atom is -0.493 e. The van der Waals surface area contributed by atoms with Gasteiger partial charge in [-0.15, -0.1) is 11.3 Å². The minimum atomic E-state index is 0.0316. The van der Waals surface area contributed by atoms with Gasteiger partial charge in [0.2, 0.25) is 0 Å². The molecule has 5 heteroatoms. The van der Waals surface area contributed by atoms with E-state index >= 15 is 0 Å². The third-order valence-electron chi connectivity index (χ3n) is 3.00. The lowest BCUT2D eigenvalue weighted by atomic mass is 9.93. The summed E-state index contributed by atoms with van der Waals surface area (Å²) in [6.45, 7) is 6.75. The molecule has 0 aliphatic carbocycles. The third kappa shape index (κ3) is 3.82. The van der Waals surface area contributed by atoms with Crippen LogP contribution in [0, 0.1) is 0 Å². The number of carbonyl (C=O) groups excluding carboxylic acids is 1. The van der Waals surface area contributed by atoms with Crippen LogP contribution in [0.25, 0.3) is 0 Å². The summed E-state index contributed by atoms with van der Waals surface area (Å²) in [6.07, 6.45) is 0.785. The van der Waals surface area contributed by atoms with Gasteiger partial charge < -0.3 is 9.47 Å². The van der Waals surface area contributed by atoms with Crippen molar-refractivity contribution in [1.29, 1.82) is 0 Å². The summed E-state index contributed by atoms with van der Waals surface area (Å²) in [5.74, 6) is 1.16. The van der Waals surface area contributed by atoms with E-state index in [4.69, 9.17) is 9.47 Å². The summed E-state index contributed by atoms with van der Waals surface area (Å²) < 4.78 is 11.0. The SMILES string of the molecule is COc1ccc(C=O)cc1OCc1nc(C(C)(C)C)cs1. The number of benzene rings is 1. The molecule has 0 atom stereocenters. The van der Waals surface area contributed by atoms with Crippen molar-refractivity contribution in [2.45, 2.75) is 32.8 Å². The van der Waals surface area contributed by atoms with Crippen molar-refractivity contribution < 1.29 is 14.3 Å². The second-order valence-electron chi connectivity index (χ2n) is 5.69. The molecule has 0 N–H and O–H groups in total. The molecular formula is C16H19NO3S. The highest BCUT2D eigenvalue weighted by Crippen LogP contribution is 2.29. The quantitative estimate of drug-likeness (QED) is 0.787. The van der Waals surface area contributed by atoms with E-state index in [1.165, 1.54) is 0 Å². The first-order valence-corrected chi connectivity index (χ1v) is 7.53. The van der Waals surface area contributed by atoms with Gasteiger partial charge in [-0.2, -0.15) is 0 Å². The lowest BCUT2D eigenvalue weighted by Gasteiger charge is -2.14. The van der Waals surface area contributed by atoms with Gasteiger partial charge >= 0.3 is 0 Å². The van der Waals surface area contributed by atoms with Crippen LogP contribution in [0.4, 0.5) is 0 Å². The van der Waals surface area contributed by atoms with Crippen LogP contribution in [-0.4, -0.2) is 18.4 Å². The molecule has 0 bridgehead atoms. The number of nitrogens with zero attached hydrogens (tertiary/aromatic N) is 1. The fourth-order valence-electron chi connectivity index (χ4n) is 1.74. The molecule has 0 saturated carbocycles. The van der Waals surface area contributed by atoms with Crippen molar-refractivity contribution in [2.75, 3.05) is 7.11 Å². The Hall–Kier alpha value is -1.88. The van der Waals surface area contributed by atoms with Crippen molar-refractivity contribution in [1.82, 2.24) is 4.98 Å². The highest BCUT2D eigenvalue weighted by atomic mass is 32.1. The second-order valence-corrected chi connectivity index (χ2v) is 6.64. The molecule has 0 aliphatic rings.